The fourth-order valence-corrected chi connectivity index (χ4v) is 3.25. The molecule has 0 bridgehead atoms. The monoisotopic (exact) mass is 458 g/mol. The number of ether oxygens (including phenoxy) is 1. The molecule has 0 aliphatic carbocycles. The highest BCUT2D eigenvalue weighted by molar-refractivity contribution is 6.33. The summed E-state index contributed by atoms with van der Waals surface area (Å²) in [7, 11) is 1.68. The van der Waals surface area contributed by atoms with Gasteiger partial charge in [-0.2, -0.15) is 0 Å². The molecule has 3 rings (SSSR count). The van der Waals surface area contributed by atoms with E-state index in [1.54, 1.807) is 42.9 Å². The predicted molar refractivity (Wildman–Crippen MR) is 117 cm³/mol. The van der Waals surface area contributed by atoms with Crippen LogP contribution in [-0.4, -0.2) is 32.3 Å². The number of hydrogen-bond acceptors (Lipinski definition) is 6. The second-order valence-corrected chi connectivity index (χ2v) is 7.30. The maximum absolute atomic E-state index is 12.9. The van der Waals surface area contributed by atoms with Crippen LogP contribution in [0.5, 0.6) is 0 Å². The van der Waals surface area contributed by atoms with E-state index in [-0.39, 0.29) is 22.0 Å². The number of nitrogens with one attached hydrogen (secondary N) is 1. The van der Waals surface area contributed by atoms with E-state index in [9.17, 15) is 24.5 Å². The van der Waals surface area contributed by atoms with E-state index >= 15 is 0 Å². The van der Waals surface area contributed by atoms with Crippen molar-refractivity contribution in [1.82, 2.24) is 9.36 Å². The van der Waals surface area contributed by atoms with Gasteiger partial charge >= 0.3 is 5.97 Å². The van der Waals surface area contributed by atoms with Crippen molar-refractivity contribution in [2.45, 2.75) is 20.0 Å². The van der Waals surface area contributed by atoms with Gasteiger partial charge in [0.1, 0.15) is 5.69 Å². The number of amides is 1. The smallest absolute Gasteiger partial charge is 0.340 e. The van der Waals surface area contributed by atoms with Crippen LogP contribution in [0.1, 0.15) is 23.0 Å². The molecule has 0 unspecified atom stereocenters. The number of nitro benzene ring substituents is 1. The predicted octanol–water partition coefficient (Wildman–Crippen LogP) is 3.23. The van der Waals surface area contributed by atoms with E-state index in [2.05, 4.69) is 5.32 Å². The molecule has 0 aliphatic heterocycles. The molecule has 10 nitrogen and oxygen atoms in total. The van der Waals surface area contributed by atoms with Crippen LogP contribution >= 0.6 is 11.6 Å². The van der Waals surface area contributed by atoms with Crippen molar-refractivity contribution < 1.29 is 19.2 Å². The highest BCUT2D eigenvalue weighted by Crippen LogP contribution is 2.23. The molecule has 0 fully saturated rings. The highest BCUT2D eigenvalue weighted by atomic mass is 35.5. The van der Waals surface area contributed by atoms with Gasteiger partial charge in [-0.15, -0.1) is 0 Å². The highest BCUT2D eigenvalue weighted by Gasteiger charge is 2.25. The van der Waals surface area contributed by atoms with Gasteiger partial charge in [0.15, 0.2) is 6.10 Å². The third kappa shape index (κ3) is 4.40. The van der Waals surface area contributed by atoms with Crippen LogP contribution in [0.3, 0.4) is 0 Å². The number of non-ortho nitro benzene ring substituents is 1. The molecule has 0 aliphatic rings. The minimum Gasteiger partial charge on any atom is -0.449 e. The van der Waals surface area contributed by atoms with Crippen molar-refractivity contribution in [3.05, 3.63) is 85.3 Å². The zero-order chi connectivity index (χ0) is 23.6. The summed E-state index contributed by atoms with van der Waals surface area (Å²) in [6.45, 7) is 3.00. The Morgan fingerprint density at radius 1 is 1.19 bits per heavy atom. The van der Waals surface area contributed by atoms with Crippen LogP contribution in [0.15, 0.2) is 53.3 Å². The van der Waals surface area contributed by atoms with Crippen molar-refractivity contribution >= 4 is 34.9 Å². The molecule has 166 valence electrons. The van der Waals surface area contributed by atoms with E-state index in [1.165, 1.54) is 11.6 Å². The Kier molecular flexibility index (Phi) is 6.45. The SMILES string of the molecule is Cc1c(NC(=O)[C@H](C)OC(=O)c2ccc([N+](=O)[O-])cc2Cl)c(=O)n(-c2ccccc2)n1C. The number of anilines is 1. The summed E-state index contributed by atoms with van der Waals surface area (Å²) in [5.41, 5.74) is 0.324. The number of benzene rings is 2. The summed E-state index contributed by atoms with van der Waals surface area (Å²) in [5, 5.41) is 13.1. The van der Waals surface area contributed by atoms with E-state index in [1.807, 2.05) is 6.07 Å². The Morgan fingerprint density at radius 3 is 2.44 bits per heavy atom. The molecular weight excluding hydrogens is 440 g/mol. The Balaban J connectivity index is 1.77. The second kappa shape index (κ2) is 9.06. The van der Waals surface area contributed by atoms with Crippen LogP contribution in [0.25, 0.3) is 5.69 Å². The number of esters is 1. The lowest BCUT2D eigenvalue weighted by atomic mass is 10.2. The van der Waals surface area contributed by atoms with Crippen molar-refractivity contribution in [3.63, 3.8) is 0 Å². The Hall–Kier alpha value is -3.92. The van der Waals surface area contributed by atoms with Gasteiger partial charge in [-0.25, -0.2) is 9.48 Å². The summed E-state index contributed by atoms with van der Waals surface area (Å²) in [6.07, 6.45) is -1.27. The lowest BCUT2D eigenvalue weighted by Gasteiger charge is -2.13. The van der Waals surface area contributed by atoms with Crippen molar-refractivity contribution in [2.75, 3.05) is 5.32 Å². The van der Waals surface area contributed by atoms with Crippen molar-refractivity contribution in [3.8, 4) is 5.69 Å². The summed E-state index contributed by atoms with van der Waals surface area (Å²) in [5.74, 6) is -1.65. The van der Waals surface area contributed by atoms with Crippen molar-refractivity contribution in [2.24, 2.45) is 7.05 Å². The number of carbonyl (C=O) groups is 2. The maximum Gasteiger partial charge on any atom is 0.340 e. The van der Waals surface area contributed by atoms with Crippen LogP contribution in [0, 0.1) is 17.0 Å². The first kappa shape index (κ1) is 22.8. The van der Waals surface area contributed by atoms with Gasteiger partial charge in [0.2, 0.25) is 0 Å². The average Bonchev–Trinajstić information content (AvgIpc) is 2.97. The minimum atomic E-state index is -1.27. The molecule has 1 N–H and O–H groups in total. The van der Waals surface area contributed by atoms with Crippen LogP contribution < -0.4 is 10.9 Å². The van der Waals surface area contributed by atoms with E-state index < -0.39 is 28.5 Å². The Morgan fingerprint density at radius 2 is 1.84 bits per heavy atom. The van der Waals surface area contributed by atoms with Gasteiger partial charge in [0, 0.05) is 19.2 Å². The molecular formula is C21H19ClN4O6. The lowest BCUT2D eigenvalue weighted by Crippen LogP contribution is -2.32. The van der Waals surface area contributed by atoms with E-state index in [4.69, 9.17) is 16.3 Å². The number of nitro groups is 1. The van der Waals surface area contributed by atoms with Gasteiger partial charge < -0.3 is 10.1 Å². The van der Waals surface area contributed by atoms with Gasteiger partial charge in [-0.1, -0.05) is 29.8 Å². The number of nitrogens with zero attached hydrogens (tertiary/aromatic N) is 3. The fraction of sp³-hybridized carbons (Fsp3) is 0.190. The van der Waals surface area contributed by atoms with Gasteiger partial charge in [0.05, 0.1) is 26.9 Å². The quantitative estimate of drug-likeness (QED) is 0.343. The number of para-hydroxylation sites is 1. The summed E-state index contributed by atoms with van der Waals surface area (Å²) < 4.78 is 8.13. The molecule has 3 aromatic rings. The van der Waals surface area contributed by atoms with Crippen LogP contribution in [0.4, 0.5) is 11.4 Å². The zero-order valence-corrected chi connectivity index (χ0v) is 18.1. The second-order valence-electron chi connectivity index (χ2n) is 6.89. The normalized spacial score (nSPS) is 11.6. The number of halogens is 1. The first-order chi connectivity index (χ1) is 15.1. The maximum atomic E-state index is 12.9. The topological polar surface area (TPSA) is 125 Å². The Labute approximate surface area is 187 Å². The summed E-state index contributed by atoms with van der Waals surface area (Å²) in [4.78, 5) is 48.0. The van der Waals surface area contributed by atoms with Gasteiger partial charge in [-0.3, -0.25) is 24.4 Å². The zero-order valence-electron chi connectivity index (χ0n) is 17.4. The molecule has 11 heteroatoms. The molecule has 0 saturated heterocycles. The van der Waals surface area contributed by atoms with Gasteiger partial charge in [0.25, 0.3) is 17.2 Å². The molecule has 2 aromatic carbocycles. The lowest BCUT2D eigenvalue weighted by molar-refractivity contribution is -0.384. The number of hydrogen-bond donors (Lipinski definition) is 1. The number of rotatable bonds is 6. The molecule has 1 atom stereocenters. The molecule has 0 spiro atoms. The van der Waals surface area contributed by atoms with Crippen molar-refractivity contribution in [1.29, 1.82) is 0 Å². The van der Waals surface area contributed by atoms with E-state index in [0.29, 0.717) is 11.4 Å². The molecule has 0 saturated carbocycles. The van der Waals surface area contributed by atoms with E-state index in [0.717, 1.165) is 18.2 Å². The molecule has 1 aromatic heterocycles. The molecule has 1 amide bonds. The first-order valence-corrected chi connectivity index (χ1v) is 9.79. The molecule has 1 heterocycles. The third-order valence-electron chi connectivity index (χ3n) is 4.84. The summed E-state index contributed by atoms with van der Waals surface area (Å²) in [6, 6.07) is 12.2. The molecule has 0 radical (unpaired) electrons. The average molecular weight is 459 g/mol. The fourth-order valence-electron chi connectivity index (χ4n) is 3.00. The largest absolute Gasteiger partial charge is 0.449 e. The summed E-state index contributed by atoms with van der Waals surface area (Å²) >= 11 is 5.93. The number of carbonyl (C=O) groups excluding carboxylic acids is 2. The van der Waals surface area contributed by atoms with Gasteiger partial charge in [-0.05, 0) is 32.0 Å². The Bertz CT molecular complexity index is 1270. The van der Waals surface area contributed by atoms with Crippen LogP contribution in [0.2, 0.25) is 5.02 Å². The standard InChI is InChI=1S/C21H19ClN4O6/c1-12-18(20(28)25(24(12)3)14-7-5-4-6-8-14)23-19(27)13(2)32-21(29)16-10-9-15(26(30)31)11-17(16)22/h4-11,13H,1-3H3,(H,23,27)/t13-/m0/s1. The first-order valence-electron chi connectivity index (χ1n) is 9.41. The molecule has 32 heavy (non-hydrogen) atoms. The third-order valence-corrected chi connectivity index (χ3v) is 5.15. The number of aromatic nitrogens is 2. The minimum absolute atomic E-state index is 0.0534. The van der Waals surface area contributed by atoms with Crippen LogP contribution in [-0.2, 0) is 16.6 Å².